The van der Waals surface area contributed by atoms with Crippen molar-refractivity contribution in [3.63, 3.8) is 0 Å². The maximum absolute atomic E-state index is 11.6. The molecule has 0 bridgehead atoms. The van der Waals surface area contributed by atoms with Crippen LogP contribution in [0.1, 0.15) is 52.4 Å². The Hall–Kier alpha value is -1.54. The molecule has 0 aliphatic carbocycles. The molecule has 5 nitrogen and oxygen atoms in total. The van der Waals surface area contributed by atoms with Gasteiger partial charge in [-0.25, -0.2) is 4.79 Å². The third-order valence-corrected chi connectivity index (χ3v) is 2.93. The Bertz CT molecular complexity index is 335. The fourth-order valence-electron chi connectivity index (χ4n) is 1.73. The summed E-state index contributed by atoms with van der Waals surface area (Å²) in [5, 5.41) is 11.9. The molecule has 0 aliphatic heterocycles. The maximum atomic E-state index is 11.6. The predicted molar refractivity (Wildman–Crippen MR) is 82.5 cm³/mol. The lowest BCUT2D eigenvalue weighted by Crippen LogP contribution is -2.15. The summed E-state index contributed by atoms with van der Waals surface area (Å²) in [6, 6.07) is 1.84. The van der Waals surface area contributed by atoms with Crippen LogP contribution in [0.3, 0.4) is 0 Å². The summed E-state index contributed by atoms with van der Waals surface area (Å²) in [7, 11) is 0. The standard InChI is InChI=1S/C16H28N2O3/c1-3-5-6-7-8-9-10-18-14-15(13-17)16(19)21-12-11-20-4-2/h14,18H,3-12H2,1-2H3/b15-14+. The van der Waals surface area contributed by atoms with Gasteiger partial charge in [0, 0.05) is 19.4 Å². The molecule has 0 aromatic heterocycles. The number of nitriles is 1. The summed E-state index contributed by atoms with van der Waals surface area (Å²) in [6.45, 7) is 5.94. The fraction of sp³-hybridized carbons (Fsp3) is 0.750. The average Bonchev–Trinajstić information content (AvgIpc) is 2.50. The first-order valence-corrected chi connectivity index (χ1v) is 7.84. The normalized spacial score (nSPS) is 11.0. The Morgan fingerprint density at radius 2 is 1.86 bits per heavy atom. The maximum Gasteiger partial charge on any atom is 0.350 e. The quantitative estimate of drug-likeness (QED) is 0.245. The zero-order chi connectivity index (χ0) is 15.8. The highest BCUT2D eigenvalue weighted by molar-refractivity contribution is 5.92. The van der Waals surface area contributed by atoms with Gasteiger partial charge in [0.2, 0.25) is 0 Å². The van der Waals surface area contributed by atoms with Gasteiger partial charge in [0.15, 0.2) is 5.57 Å². The van der Waals surface area contributed by atoms with Crippen LogP contribution in [0.4, 0.5) is 0 Å². The number of rotatable bonds is 13. The number of esters is 1. The molecule has 0 saturated heterocycles. The molecule has 0 spiro atoms. The molecular formula is C16H28N2O3. The van der Waals surface area contributed by atoms with E-state index in [0.717, 1.165) is 13.0 Å². The van der Waals surface area contributed by atoms with Gasteiger partial charge in [-0.2, -0.15) is 5.26 Å². The molecule has 0 amide bonds. The van der Waals surface area contributed by atoms with E-state index in [9.17, 15) is 4.79 Å². The van der Waals surface area contributed by atoms with Crippen molar-refractivity contribution in [2.24, 2.45) is 0 Å². The highest BCUT2D eigenvalue weighted by Crippen LogP contribution is 2.04. The lowest BCUT2D eigenvalue weighted by Gasteiger charge is -2.05. The van der Waals surface area contributed by atoms with Gasteiger partial charge in [-0.05, 0) is 13.3 Å². The van der Waals surface area contributed by atoms with Gasteiger partial charge in [0.1, 0.15) is 12.7 Å². The highest BCUT2D eigenvalue weighted by Gasteiger charge is 2.09. The average molecular weight is 296 g/mol. The zero-order valence-electron chi connectivity index (χ0n) is 13.3. The molecule has 120 valence electrons. The summed E-state index contributed by atoms with van der Waals surface area (Å²) < 4.78 is 9.98. The van der Waals surface area contributed by atoms with E-state index in [-0.39, 0.29) is 12.2 Å². The van der Waals surface area contributed by atoms with Crippen LogP contribution in [0.2, 0.25) is 0 Å². The van der Waals surface area contributed by atoms with Crippen LogP contribution >= 0.6 is 0 Å². The van der Waals surface area contributed by atoms with Crippen LogP contribution in [0.5, 0.6) is 0 Å². The van der Waals surface area contributed by atoms with E-state index in [1.165, 1.54) is 38.3 Å². The van der Waals surface area contributed by atoms with Gasteiger partial charge in [-0.15, -0.1) is 0 Å². The number of carbonyl (C=O) groups is 1. The minimum absolute atomic E-state index is 0.00233. The number of nitrogens with one attached hydrogen (secondary N) is 1. The molecule has 0 saturated carbocycles. The van der Waals surface area contributed by atoms with E-state index in [0.29, 0.717) is 13.2 Å². The molecule has 0 unspecified atom stereocenters. The van der Waals surface area contributed by atoms with Gasteiger partial charge < -0.3 is 14.8 Å². The SMILES string of the molecule is CCCCCCCCN/C=C(\C#N)C(=O)OCCOCC. The summed E-state index contributed by atoms with van der Waals surface area (Å²) in [4.78, 5) is 11.6. The highest BCUT2D eigenvalue weighted by atomic mass is 16.6. The molecule has 0 fully saturated rings. The Morgan fingerprint density at radius 1 is 1.14 bits per heavy atom. The third kappa shape index (κ3) is 11.9. The number of hydrogen-bond acceptors (Lipinski definition) is 5. The summed E-state index contributed by atoms with van der Waals surface area (Å²) in [6.07, 6.45) is 8.71. The number of carbonyl (C=O) groups excluding carboxylic acids is 1. The Morgan fingerprint density at radius 3 is 2.52 bits per heavy atom. The minimum Gasteiger partial charge on any atom is -0.459 e. The van der Waals surface area contributed by atoms with Crippen molar-refractivity contribution in [1.82, 2.24) is 5.32 Å². The van der Waals surface area contributed by atoms with Crippen LogP contribution in [-0.2, 0) is 14.3 Å². The second kappa shape index (κ2) is 14.9. The molecule has 0 aliphatic rings. The molecule has 1 N–H and O–H groups in total. The first-order chi connectivity index (χ1) is 10.3. The van der Waals surface area contributed by atoms with Crippen LogP contribution in [-0.4, -0.2) is 32.3 Å². The molecule has 0 atom stereocenters. The number of nitrogens with zero attached hydrogens (tertiary/aromatic N) is 1. The fourth-order valence-corrected chi connectivity index (χ4v) is 1.73. The van der Waals surface area contributed by atoms with E-state index in [1.54, 1.807) is 0 Å². The van der Waals surface area contributed by atoms with Gasteiger partial charge in [0.05, 0.1) is 6.61 Å². The van der Waals surface area contributed by atoms with E-state index in [2.05, 4.69) is 12.2 Å². The minimum atomic E-state index is -0.604. The van der Waals surface area contributed by atoms with Crippen LogP contribution in [0, 0.1) is 11.3 Å². The van der Waals surface area contributed by atoms with Crippen molar-refractivity contribution in [2.75, 3.05) is 26.4 Å². The van der Waals surface area contributed by atoms with Gasteiger partial charge in [-0.3, -0.25) is 0 Å². The van der Waals surface area contributed by atoms with Gasteiger partial charge in [-0.1, -0.05) is 39.0 Å². The second-order valence-electron chi connectivity index (χ2n) is 4.72. The Labute approximate surface area is 128 Å². The third-order valence-electron chi connectivity index (χ3n) is 2.93. The predicted octanol–water partition coefficient (Wildman–Crippen LogP) is 2.92. The monoisotopic (exact) mass is 296 g/mol. The zero-order valence-corrected chi connectivity index (χ0v) is 13.3. The molecule has 0 radical (unpaired) electrons. The number of hydrogen-bond donors (Lipinski definition) is 1. The van der Waals surface area contributed by atoms with Crippen LogP contribution < -0.4 is 5.32 Å². The van der Waals surface area contributed by atoms with Gasteiger partial charge >= 0.3 is 5.97 Å². The largest absolute Gasteiger partial charge is 0.459 e. The molecule has 5 heteroatoms. The molecule has 0 aromatic rings. The smallest absolute Gasteiger partial charge is 0.350 e. The Kier molecular flexibility index (Phi) is 13.8. The first kappa shape index (κ1) is 19.5. The Balaban J connectivity index is 3.74. The van der Waals surface area contributed by atoms with E-state index < -0.39 is 5.97 Å². The lowest BCUT2D eigenvalue weighted by molar-refractivity contribution is -0.140. The number of unbranched alkanes of at least 4 members (excludes halogenated alkanes) is 5. The molecule has 0 rings (SSSR count). The van der Waals surface area contributed by atoms with Crippen LogP contribution in [0.15, 0.2) is 11.8 Å². The summed E-state index contributed by atoms with van der Waals surface area (Å²) >= 11 is 0. The molecule has 0 heterocycles. The van der Waals surface area contributed by atoms with E-state index in [4.69, 9.17) is 14.7 Å². The topological polar surface area (TPSA) is 71.4 Å². The van der Waals surface area contributed by atoms with E-state index >= 15 is 0 Å². The molecule has 0 aromatic carbocycles. The van der Waals surface area contributed by atoms with Crippen molar-refractivity contribution < 1.29 is 14.3 Å². The van der Waals surface area contributed by atoms with E-state index in [1.807, 2.05) is 13.0 Å². The van der Waals surface area contributed by atoms with Crippen molar-refractivity contribution in [3.8, 4) is 6.07 Å². The van der Waals surface area contributed by atoms with Crippen molar-refractivity contribution in [1.29, 1.82) is 5.26 Å². The molecule has 21 heavy (non-hydrogen) atoms. The van der Waals surface area contributed by atoms with Crippen molar-refractivity contribution >= 4 is 5.97 Å². The lowest BCUT2D eigenvalue weighted by atomic mass is 10.1. The first-order valence-electron chi connectivity index (χ1n) is 7.84. The number of ether oxygens (including phenoxy) is 2. The van der Waals surface area contributed by atoms with Crippen molar-refractivity contribution in [3.05, 3.63) is 11.8 Å². The van der Waals surface area contributed by atoms with Crippen molar-refractivity contribution in [2.45, 2.75) is 52.4 Å². The second-order valence-corrected chi connectivity index (χ2v) is 4.72. The molecular weight excluding hydrogens is 268 g/mol. The summed E-state index contributed by atoms with van der Waals surface area (Å²) in [5.74, 6) is -0.604. The van der Waals surface area contributed by atoms with Gasteiger partial charge in [0.25, 0.3) is 0 Å². The summed E-state index contributed by atoms with van der Waals surface area (Å²) in [5.41, 5.74) is -0.00233. The van der Waals surface area contributed by atoms with Crippen LogP contribution in [0.25, 0.3) is 0 Å².